The molecule has 0 amide bonds. The summed E-state index contributed by atoms with van der Waals surface area (Å²) in [5.74, 6) is 1.54. The Morgan fingerprint density at radius 1 is 0.442 bits per heavy atom. The highest BCUT2D eigenvalue weighted by atomic mass is 31.2. The Bertz CT molecular complexity index is 771. The van der Waals surface area contributed by atoms with Gasteiger partial charge in [0, 0.05) is 0 Å². The largest absolute Gasteiger partial charge is 0.463 e. The zero-order valence-electron chi connectivity index (χ0n) is 27.0. The predicted molar refractivity (Wildman–Crippen MR) is 183 cm³/mol. The summed E-state index contributed by atoms with van der Waals surface area (Å²) in [5.41, 5.74) is 0. The van der Waals surface area contributed by atoms with Crippen LogP contribution < -0.4 is 9.05 Å². The predicted octanol–water partition coefficient (Wildman–Crippen LogP) is 12.1. The van der Waals surface area contributed by atoms with Crippen molar-refractivity contribution in [1.82, 2.24) is 0 Å². The molecule has 0 aliphatic heterocycles. The maximum atomic E-state index is 8.51. The Balaban J connectivity index is 0.000000474. The van der Waals surface area contributed by atoms with E-state index >= 15 is 0 Å². The van der Waals surface area contributed by atoms with Gasteiger partial charge in [-0.2, -0.15) is 0 Å². The lowest BCUT2D eigenvalue weighted by Gasteiger charge is -2.17. The first kappa shape index (κ1) is 39.8. The third-order valence-corrected chi connectivity index (χ3v) is 8.52. The highest BCUT2D eigenvalue weighted by Crippen LogP contribution is 2.41. The fourth-order valence-electron chi connectivity index (χ4n) is 4.49. The van der Waals surface area contributed by atoms with Gasteiger partial charge < -0.3 is 23.4 Å². The van der Waals surface area contributed by atoms with Gasteiger partial charge in [-0.15, -0.1) is 0 Å². The van der Waals surface area contributed by atoms with Crippen LogP contribution in [0.5, 0.6) is 11.5 Å². The molecule has 0 spiro atoms. The molecule has 0 fully saturated rings. The molecule has 0 atom stereocenters. The Kier molecular flexibility index (Phi) is 28.4. The zero-order valence-corrected chi connectivity index (χ0v) is 28.8. The van der Waals surface area contributed by atoms with Gasteiger partial charge in [0.25, 0.3) is 0 Å². The van der Waals surface area contributed by atoms with Gasteiger partial charge in [-0.25, -0.2) is 0 Å². The summed E-state index contributed by atoms with van der Waals surface area (Å²) in [6.07, 6.45) is 24.5. The van der Waals surface area contributed by atoms with Crippen LogP contribution in [-0.2, 0) is 9.05 Å². The van der Waals surface area contributed by atoms with E-state index in [1.807, 2.05) is 60.7 Å². The highest BCUT2D eigenvalue weighted by Gasteiger charge is 2.17. The van der Waals surface area contributed by atoms with Crippen molar-refractivity contribution in [3.8, 4) is 11.5 Å². The molecule has 6 nitrogen and oxygen atoms in total. The Labute approximate surface area is 265 Å². The fourth-order valence-corrected chi connectivity index (χ4v) is 5.79. The number of hydrogen-bond donors (Lipinski definition) is 2. The van der Waals surface area contributed by atoms with Crippen molar-refractivity contribution in [2.24, 2.45) is 0 Å². The standard InChI is InChI=1S/C22H31O3P.C13H29O3P/c1-2-3-4-5-6-7-8-15-20-23-26(24-21-16-11-9-12-17-21)25-22-18-13-10-14-19-22;1-2-3-4-5-6-7-8-9-10-11-12-13-16-17(14)15/h9-14,16-19H,2-8,15,20H2,1H3;14-15H,2-13H2,1H3. The van der Waals surface area contributed by atoms with Crippen LogP contribution in [0.25, 0.3) is 0 Å². The van der Waals surface area contributed by atoms with Crippen LogP contribution in [0, 0.1) is 0 Å². The molecule has 246 valence electrons. The lowest BCUT2D eigenvalue weighted by atomic mass is 10.1. The first-order valence-electron chi connectivity index (χ1n) is 16.9. The number of para-hydroxylation sites is 2. The van der Waals surface area contributed by atoms with E-state index in [2.05, 4.69) is 13.8 Å². The summed E-state index contributed by atoms with van der Waals surface area (Å²) < 4.78 is 22.4. The van der Waals surface area contributed by atoms with Crippen molar-refractivity contribution < 1.29 is 27.9 Å². The summed E-state index contributed by atoms with van der Waals surface area (Å²) in [4.78, 5) is 17.0. The first-order valence-corrected chi connectivity index (χ1v) is 19.1. The summed E-state index contributed by atoms with van der Waals surface area (Å²) >= 11 is 0. The van der Waals surface area contributed by atoms with E-state index < -0.39 is 17.2 Å². The first-order chi connectivity index (χ1) is 21.2. The molecule has 8 heteroatoms. The van der Waals surface area contributed by atoms with Crippen molar-refractivity contribution in [1.29, 1.82) is 0 Å². The zero-order chi connectivity index (χ0) is 31.1. The van der Waals surface area contributed by atoms with Gasteiger partial charge in [0.15, 0.2) is 0 Å². The van der Waals surface area contributed by atoms with Gasteiger partial charge in [0.1, 0.15) is 11.5 Å². The highest BCUT2D eigenvalue weighted by molar-refractivity contribution is 7.42. The quantitative estimate of drug-likeness (QED) is 0.0749. The molecule has 43 heavy (non-hydrogen) atoms. The molecule has 0 saturated heterocycles. The van der Waals surface area contributed by atoms with Crippen LogP contribution in [0.4, 0.5) is 0 Å². The maximum absolute atomic E-state index is 8.51. The van der Waals surface area contributed by atoms with Crippen LogP contribution in [0.15, 0.2) is 60.7 Å². The summed E-state index contributed by atoms with van der Waals surface area (Å²) in [6, 6.07) is 19.4. The molecule has 0 unspecified atom stereocenters. The number of benzene rings is 2. The third kappa shape index (κ3) is 26.8. The second-order valence-corrected chi connectivity index (χ2v) is 12.8. The van der Waals surface area contributed by atoms with Gasteiger partial charge in [0.2, 0.25) is 0 Å². The van der Waals surface area contributed by atoms with Gasteiger partial charge in [0.05, 0.1) is 13.2 Å². The van der Waals surface area contributed by atoms with E-state index in [0.29, 0.717) is 13.2 Å². The SMILES string of the molecule is CCCCCCCCCCCCCOP(O)O.CCCCCCCCCCOP(Oc1ccccc1)Oc1ccccc1. The van der Waals surface area contributed by atoms with Gasteiger partial charge in [-0.1, -0.05) is 159 Å². The molecular weight excluding hydrogens is 578 g/mol. The van der Waals surface area contributed by atoms with Crippen LogP contribution in [0.2, 0.25) is 0 Å². The molecule has 0 aliphatic carbocycles. The Morgan fingerprint density at radius 2 is 0.767 bits per heavy atom. The van der Waals surface area contributed by atoms with E-state index in [1.165, 1.54) is 103 Å². The lowest BCUT2D eigenvalue weighted by molar-refractivity contribution is 0.248. The fraction of sp³-hybridized carbons (Fsp3) is 0.657. The average molecular weight is 639 g/mol. The molecule has 2 N–H and O–H groups in total. The molecule has 2 aromatic carbocycles. The normalized spacial score (nSPS) is 11.0. The van der Waals surface area contributed by atoms with E-state index in [9.17, 15) is 0 Å². The van der Waals surface area contributed by atoms with Crippen LogP contribution in [-0.4, -0.2) is 23.0 Å². The molecule has 2 rings (SSSR count). The molecule has 0 bridgehead atoms. The number of unbranched alkanes of at least 4 members (excludes halogenated alkanes) is 17. The minimum absolute atomic E-state index is 0.482. The van der Waals surface area contributed by atoms with Crippen molar-refractivity contribution in [2.45, 2.75) is 136 Å². The summed E-state index contributed by atoms with van der Waals surface area (Å²) in [6.45, 7) is 5.65. The van der Waals surface area contributed by atoms with Crippen LogP contribution in [0.1, 0.15) is 136 Å². The van der Waals surface area contributed by atoms with Crippen molar-refractivity contribution in [3.63, 3.8) is 0 Å². The van der Waals surface area contributed by atoms with E-state index in [-0.39, 0.29) is 0 Å². The second-order valence-electron chi connectivity index (χ2n) is 11.0. The van der Waals surface area contributed by atoms with Gasteiger partial charge in [-0.3, -0.25) is 4.52 Å². The smallest absolute Gasteiger partial charge is 0.418 e. The summed E-state index contributed by atoms with van der Waals surface area (Å²) in [7, 11) is -3.58. The molecule has 0 aromatic heterocycles. The average Bonchev–Trinajstić information content (AvgIpc) is 3.02. The van der Waals surface area contributed by atoms with Crippen molar-refractivity contribution >= 4 is 17.2 Å². The van der Waals surface area contributed by atoms with E-state index in [0.717, 1.165) is 30.8 Å². The minimum atomic E-state index is -2.14. The number of rotatable bonds is 27. The molecule has 0 radical (unpaired) electrons. The molecule has 2 aromatic rings. The molecule has 0 aliphatic rings. The lowest BCUT2D eigenvalue weighted by Crippen LogP contribution is -2.01. The Hall–Kier alpha value is -1.26. The van der Waals surface area contributed by atoms with E-state index in [1.54, 1.807) is 0 Å². The topological polar surface area (TPSA) is 77.4 Å². The van der Waals surface area contributed by atoms with E-state index in [4.69, 9.17) is 27.9 Å². The molecule has 0 saturated carbocycles. The van der Waals surface area contributed by atoms with Crippen molar-refractivity contribution in [2.75, 3.05) is 13.2 Å². The third-order valence-electron chi connectivity index (χ3n) is 7.00. The number of hydrogen-bond acceptors (Lipinski definition) is 6. The van der Waals surface area contributed by atoms with Gasteiger partial charge >= 0.3 is 17.2 Å². The summed E-state index contributed by atoms with van der Waals surface area (Å²) in [5, 5.41) is 0. The molecule has 0 heterocycles. The van der Waals surface area contributed by atoms with Crippen LogP contribution >= 0.6 is 17.2 Å². The van der Waals surface area contributed by atoms with Crippen LogP contribution in [0.3, 0.4) is 0 Å². The Morgan fingerprint density at radius 3 is 1.12 bits per heavy atom. The minimum Gasteiger partial charge on any atom is -0.418 e. The second kappa shape index (κ2) is 30.8. The maximum Gasteiger partial charge on any atom is 0.463 e. The van der Waals surface area contributed by atoms with Gasteiger partial charge in [-0.05, 0) is 37.1 Å². The monoisotopic (exact) mass is 638 g/mol. The van der Waals surface area contributed by atoms with Crippen molar-refractivity contribution in [3.05, 3.63) is 60.7 Å². The molecular formula is C35H60O6P2.